The summed E-state index contributed by atoms with van der Waals surface area (Å²) in [5.41, 5.74) is 7.14. The van der Waals surface area contributed by atoms with Crippen molar-refractivity contribution in [2.75, 3.05) is 5.73 Å². The number of nitrogens with two attached hydrogens (primary N) is 1. The van der Waals surface area contributed by atoms with E-state index in [1.165, 1.54) is 12.1 Å². The second-order valence-electron chi connectivity index (χ2n) is 4.57. The fourth-order valence-corrected chi connectivity index (χ4v) is 2.10. The van der Waals surface area contributed by atoms with Crippen LogP contribution in [0.2, 0.25) is 0 Å². The molecule has 1 aromatic carbocycles. The van der Waals surface area contributed by atoms with E-state index in [9.17, 15) is 8.78 Å². The van der Waals surface area contributed by atoms with Gasteiger partial charge in [0.15, 0.2) is 5.82 Å². The molecule has 0 unspecified atom stereocenters. The highest BCUT2D eigenvalue weighted by Crippen LogP contribution is 2.42. The Bertz CT molecular complexity index is 570. The van der Waals surface area contributed by atoms with E-state index in [4.69, 9.17) is 5.73 Å². The van der Waals surface area contributed by atoms with E-state index < -0.39 is 11.6 Å². The average molecular weight is 250 g/mol. The van der Waals surface area contributed by atoms with Gasteiger partial charge in [0.25, 0.3) is 0 Å². The first-order valence-electron chi connectivity index (χ1n) is 5.77. The van der Waals surface area contributed by atoms with Crippen molar-refractivity contribution < 1.29 is 8.78 Å². The molecule has 18 heavy (non-hydrogen) atoms. The molecule has 1 aliphatic carbocycles. The van der Waals surface area contributed by atoms with Crippen LogP contribution in [0, 0.1) is 11.6 Å². The van der Waals surface area contributed by atoms with E-state index in [1.54, 1.807) is 4.68 Å². The van der Waals surface area contributed by atoms with Gasteiger partial charge in [-0.25, -0.2) is 13.5 Å². The molecule has 2 aromatic rings. The lowest BCUT2D eigenvalue weighted by atomic mass is 10.2. The molecule has 0 amide bonds. The van der Waals surface area contributed by atoms with Gasteiger partial charge in [0.1, 0.15) is 11.6 Å². The lowest BCUT2D eigenvalue weighted by molar-refractivity contribution is 0.568. The number of rotatable bonds is 3. The van der Waals surface area contributed by atoms with Crippen molar-refractivity contribution in [3.8, 4) is 0 Å². The van der Waals surface area contributed by atoms with Crippen molar-refractivity contribution in [2.45, 2.75) is 25.3 Å². The molecule has 3 rings (SSSR count). The maximum atomic E-state index is 13.1. The van der Waals surface area contributed by atoms with Crippen LogP contribution >= 0.6 is 0 Å². The maximum absolute atomic E-state index is 13.1. The zero-order chi connectivity index (χ0) is 12.7. The van der Waals surface area contributed by atoms with Crippen molar-refractivity contribution >= 4 is 5.82 Å². The van der Waals surface area contributed by atoms with E-state index in [-0.39, 0.29) is 6.54 Å². The second kappa shape index (κ2) is 4.04. The van der Waals surface area contributed by atoms with Gasteiger partial charge in [-0.1, -0.05) is 5.21 Å². The first kappa shape index (κ1) is 11.1. The summed E-state index contributed by atoms with van der Waals surface area (Å²) in [6, 6.07) is 3.43. The third-order valence-corrected chi connectivity index (χ3v) is 3.02. The molecule has 1 saturated carbocycles. The summed E-state index contributed by atoms with van der Waals surface area (Å²) in [4.78, 5) is 0. The Morgan fingerprint density at radius 1 is 1.22 bits per heavy atom. The maximum Gasteiger partial charge on any atom is 0.169 e. The van der Waals surface area contributed by atoms with Gasteiger partial charge in [0, 0.05) is 12.0 Å². The molecule has 2 N–H and O–H groups in total. The third-order valence-electron chi connectivity index (χ3n) is 3.02. The topological polar surface area (TPSA) is 56.7 Å². The van der Waals surface area contributed by atoms with Crippen molar-refractivity contribution in [1.82, 2.24) is 15.0 Å². The zero-order valence-corrected chi connectivity index (χ0v) is 9.61. The second-order valence-corrected chi connectivity index (χ2v) is 4.57. The number of nitrogen functional groups attached to an aromatic ring is 1. The van der Waals surface area contributed by atoms with Crippen molar-refractivity contribution in [1.29, 1.82) is 0 Å². The van der Waals surface area contributed by atoms with E-state index in [1.807, 2.05) is 0 Å². The summed E-state index contributed by atoms with van der Waals surface area (Å²) in [7, 11) is 0. The van der Waals surface area contributed by atoms with Gasteiger partial charge < -0.3 is 5.73 Å². The highest BCUT2D eigenvalue weighted by Gasteiger charge is 2.30. The molecule has 0 radical (unpaired) electrons. The van der Waals surface area contributed by atoms with Gasteiger partial charge in [0.05, 0.1) is 12.2 Å². The smallest absolute Gasteiger partial charge is 0.169 e. The third kappa shape index (κ3) is 2.05. The van der Waals surface area contributed by atoms with Crippen LogP contribution in [-0.2, 0) is 6.54 Å². The zero-order valence-electron chi connectivity index (χ0n) is 9.61. The lowest BCUT2D eigenvalue weighted by Gasteiger charge is -2.06. The summed E-state index contributed by atoms with van der Waals surface area (Å²) in [6.45, 7) is 0.282. The normalized spacial score (nSPS) is 15.0. The Kier molecular flexibility index (Phi) is 2.50. The minimum atomic E-state index is -0.592. The van der Waals surface area contributed by atoms with Crippen LogP contribution in [0.25, 0.3) is 0 Å². The van der Waals surface area contributed by atoms with Crippen LogP contribution in [-0.4, -0.2) is 15.0 Å². The number of benzene rings is 1. The summed E-state index contributed by atoms with van der Waals surface area (Å²) in [5, 5.41) is 7.75. The molecular weight excluding hydrogens is 238 g/mol. The molecule has 0 bridgehead atoms. The first-order valence-corrected chi connectivity index (χ1v) is 5.77. The minimum Gasteiger partial charge on any atom is -0.381 e. The Labute approximate surface area is 102 Å². The Morgan fingerprint density at radius 3 is 2.50 bits per heavy atom. The van der Waals surface area contributed by atoms with Gasteiger partial charge in [-0.3, -0.25) is 0 Å². The minimum absolute atomic E-state index is 0.282. The van der Waals surface area contributed by atoms with Gasteiger partial charge in [0.2, 0.25) is 0 Å². The lowest BCUT2D eigenvalue weighted by Crippen LogP contribution is -2.07. The summed E-state index contributed by atoms with van der Waals surface area (Å²) in [6.07, 6.45) is 2.13. The van der Waals surface area contributed by atoms with Gasteiger partial charge in [-0.2, -0.15) is 0 Å². The van der Waals surface area contributed by atoms with Crippen molar-refractivity contribution in [2.24, 2.45) is 0 Å². The molecule has 4 nitrogen and oxygen atoms in total. The van der Waals surface area contributed by atoms with Crippen LogP contribution in [0.4, 0.5) is 14.6 Å². The molecule has 1 heterocycles. The summed E-state index contributed by atoms with van der Waals surface area (Å²) in [5.74, 6) is -0.384. The molecule has 0 atom stereocenters. The van der Waals surface area contributed by atoms with E-state index >= 15 is 0 Å². The highest BCUT2D eigenvalue weighted by molar-refractivity contribution is 5.38. The van der Waals surface area contributed by atoms with Crippen LogP contribution in [0.15, 0.2) is 18.2 Å². The predicted molar refractivity (Wildman–Crippen MR) is 61.9 cm³/mol. The van der Waals surface area contributed by atoms with Crippen molar-refractivity contribution in [3.05, 3.63) is 41.1 Å². The Hall–Kier alpha value is -1.98. The molecule has 94 valence electrons. The van der Waals surface area contributed by atoms with Gasteiger partial charge >= 0.3 is 0 Å². The van der Waals surface area contributed by atoms with Crippen molar-refractivity contribution in [3.63, 3.8) is 0 Å². The number of halogens is 2. The quantitative estimate of drug-likeness (QED) is 0.907. The van der Waals surface area contributed by atoms with Crippen LogP contribution < -0.4 is 5.73 Å². The molecule has 6 heteroatoms. The fraction of sp³-hybridized carbons (Fsp3) is 0.333. The monoisotopic (exact) mass is 250 g/mol. The molecule has 0 saturated heterocycles. The molecule has 1 fully saturated rings. The van der Waals surface area contributed by atoms with Gasteiger partial charge in [-0.05, 0) is 30.5 Å². The molecule has 1 aromatic heterocycles. The molecule has 0 aliphatic heterocycles. The highest BCUT2D eigenvalue weighted by atomic mass is 19.1. The number of nitrogens with zero attached hydrogens (tertiary/aromatic N) is 3. The van der Waals surface area contributed by atoms with E-state index in [0.29, 0.717) is 17.3 Å². The Balaban J connectivity index is 1.92. The average Bonchev–Trinajstić information content (AvgIpc) is 3.04. The number of anilines is 1. The number of hydrogen-bond donors (Lipinski definition) is 1. The fourth-order valence-electron chi connectivity index (χ4n) is 2.10. The first-order chi connectivity index (χ1) is 8.63. The van der Waals surface area contributed by atoms with Crippen LogP contribution in [0.1, 0.15) is 30.0 Å². The summed E-state index contributed by atoms with van der Waals surface area (Å²) < 4.78 is 27.8. The van der Waals surface area contributed by atoms with E-state index in [0.717, 1.165) is 24.6 Å². The number of aromatic nitrogens is 3. The van der Waals surface area contributed by atoms with Crippen LogP contribution in [0.5, 0.6) is 0 Å². The van der Waals surface area contributed by atoms with Gasteiger partial charge in [-0.15, -0.1) is 5.10 Å². The molecule has 1 aliphatic rings. The summed E-state index contributed by atoms with van der Waals surface area (Å²) >= 11 is 0. The Morgan fingerprint density at radius 2 is 1.89 bits per heavy atom. The number of hydrogen-bond acceptors (Lipinski definition) is 3. The molecular formula is C12H12F2N4. The SMILES string of the molecule is Nc1nnn(Cc2cc(F)cc(F)c2)c1C1CC1. The largest absolute Gasteiger partial charge is 0.381 e. The van der Waals surface area contributed by atoms with Crippen LogP contribution in [0.3, 0.4) is 0 Å². The standard InChI is InChI=1S/C12H12F2N4/c13-9-3-7(4-10(14)5-9)6-18-11(8-1-2-8)12(15)16-17-18/h3-5,8H,1-2,6,15H2. The molecule has 0 spiro atoms. The predicted octanol–water partition coefficient (Wildman–Crippen LogP) is 2.06. The van der Waals surface area contributed by atoms with E-state index in [2.05, 4.69) is 10.3 Å².